The first-order valence-corrected chi connectivity index (χ1v) is 7.50. The van der Waals surface area contributed by atoms with Gasteiger partial charge in [-0.2, -0.15) is 15.0 Å². The Balaban J connectivity index is 1.62. The molecule has 1 aromatic carbocycles. The standard InChI is InChI=1S/C16H22N4O/c1-21-13-20-17-10-16(18-20)15-8-5-9-19(12-15)11-14-6-3-2-4-7-14/h2-4,6-7,10,15H,5,8-9,11-13H2,1H3/t15-/m1/s1. The predicted octanol–water partition coefficient (Wildman–Crippen LogP) is 2.26. The van der Waals surface area contributed by atoms with Crippen LogP contribution >= 0.6 is 0 Å². The number of methoxy groups -OCH3 is 1. The molecule has 1 fully saturated rings. The van der Waals surface area contributed by atoms with Crippen LogP contribution in [0.25, 0.3) is 0 Å². The van der Waals surface area contributed by atoms with E-state index in [1.807, 2.05) is 6.20 Å². The maximum Gasteiger partial charge on any atom is 0.158 e. The van der Waals surface area contributed by atoms with Gasteiger partial charge in [0.1, 0.15) is 0 Å². The number of nitrogens with zero attached hydrogens (tertiary/aromatic N) is 4. The van der Waals surface area contributed by atoms with Crippen LogP contribution in [0.3, 0.4) is 0 Å². The third kappa shape index (κ3) is 3.68. The van der Waals surface area contributed by atoms with Gasteiger partial charge in [-0.1, -0.05) is 30.3 Å². The Hall–Kier alpha value is -1.72. The number of hydrogen-bond acceptors (Lipinski definition) is 4. The Bertz CT molecular complexity index is 554. The summed E-state index contributed by atoms with van der Waals surface area (Å²) in [5.41, 5.74) is 2.46. The molecule has 0 unspecified atom stereocenters. The molecule has 1 aliphatic rings. The van der Waals surface area contributed by atoms with Crippen LogP contribution in [-0.2, 0) is 18.0 Å². The van der Waals surface area contributed by atoms with E-state index in [1.54, 1.807) is 11.9 Å². The van der Waals surface area contributed by atoms with Gasteiger partial charge < -0.3 is 4.74 Å². The van der Waals surface area contributed by atoms with Crippen LogP contribution in [-0.4, -0.2) is 40.1 Å². The smallest absolute Gasteiger partial charge is 0.158 e. The first-order chi connectivity index (χ1) is 10.3. The summed E-state index contributed by atoms with van der Waals surface area (Å²) in [6.07, 6.45) is 4.29. The van der Waals surface area contributed by atoms with Crippen molar-refractivity contribution >= 4 is 0 Å². The highest BCUT2D eigenvalue weighted by molar-refractivity contribution is 5.15. The minimum atomic E-state index is 0.417. The van der Waals surface area contributed by atoms with E-state index in [4.69, 9.17) is 4.74 Å². The largest absolute Gasteiger partial charge is 0.361 e. The molecular weight excluding hydrogens is 264 g/mol. The lowest BCUT2D eigenvalue weighted by Gasteiger charge is -2.31. The van der Waals surface area contributed by atoms with Gasteiger partial charge in [0.05, 0.1) is 11.9 Å². The van der Waals surface area contributed by atoms with E-state index in [2.05, 4.69) is 45.4 Å². The maximum atomic E-state index is 5.06. The van der Waals surface area contributed by atoms with Crippen LogP contribution in [0.2, 0.25) is 0 Å². The highest BCUT2D eigenvalue weighted by atomic mass is 16.5. The SMILES string of the molecule is COCn1ncc([C@@H]2CCCN(Cc3ccccc3)C2)n1. The number of rotatable bonds is 5. The molecular formula is C16H22N4O. The summed E-state index contributed by atoms with van der Waals surface area (Å²) in [5, 5.41) is 8.77. The second kappa shape index (κ2) is 6.83. The molecule has 0 saturated carbocycles. The van der Waals surface area contributed by atoms with Crippen molar-refractivity contribution in [1.82, 2.24) is 19.9 Å². The van der Waals surface area contributed by atoms with Crippen molar-refractivity contribution in [2.24, 2.45) is 0 Å². The molecule has 0 amide bonds. The molecule has 1 atom stereocenters. The first-order valence-electron chi connectivity index (χ1n) is 7.50. The second-order valence-corrected chi connectivity index (χ2v) is 5.62. The Kier molecular flexibility index (Phi) is 4.62. The van der Waals surface area contributed by atoms with Crippen LogP contribution in [0.5, 0.6) is 0 Å². The summed E-state index contributed by atoms with van der Waals surface area (Å²) in [6, 6.07) is 10.7. The zero-order valence-electron chi connectivity index (χ0n) is 12.5. The molecule has 0 N–H and O–H groups in total. The van der Waals surface area contributed by atoms with Crippen molar-refractivity contribution in [2.75, 3.05) is 20.2 Å². The number of ether oxygens (including phenoxy) is 1. The summed E-state index contributed by atoms with van der Waals surface area (Å²) < 4.78 is 5.06. The summed E-state index contributed by atoms with van der Waals surface area (Å²) in [5.74, 6) is 0.480. The van der Waals surface area contributed by atoms with E-state index in [-0.39, 0.29) is 0 Å². The third-order valence-corrected chi connectivity index (χ3v) is 3.97. The van der Waals surface area contributed by atoms with E-state index in [9.17, 15) is 0 Å². The van der Waals surface area contributed by atoms with Gasteiger partial charge in [-0.3, -0.25) is 4.90 Å². The molecule has 1 aliphatic heterocycles. The van der Waals surface area contributed by atoms with Crippen molar-refractivity contribution in [3.63, 3.8) is 0 Å². The monoisotopic (exact) mass is 286 g/mol. The van der Waals surface area contributed by atoms with Crippen molar-refractivity contribution in [2.45, 2.75) is 32.0 Å². The number of hydrogen-bond donors (Lipinski definition) is 0. The van der Waals surface area contributed by atoms with Gasteiger partial charge >= 0.3 is 0 Å². The van der Waals surface area contributed by atoms with E-state index in [0.717, 1.165) is 25.3 Å². The van der Waals surface area contributed by atoms with Gasteiger partial charge in [-0.25, -0.2) is 0 Å². The molecule has 1 saturated heterocycles. The molecule has 5 heteroatoms. The predicted molar refractivity (Wildman–Crippen MR) is 80.7 cm³/mol. The van der Waals surface area contributed by atoms with E-state index >= 15 is 0 Å². The number of likely N-dealkylation sites (tertiary alicyclic amines) is 1. The highest BCUT2D eigenvalue weighted by Crippen LogP contribution is 2.26. The number of piperidine rings is 1. The van der Waals surface area contributed by atoms with Gasteiger partial charge in [0.15, 0.2) is 6.73 Å². The van der Waals surface area contributed by atoms with Crippen molar-refractivity contribution < 1.29 is 4.74 Å². The average molecular weight is 286 g/mol. The van der Waals surface area contributed by atoms with Gasteiger partial charge in [0, 0.05) is 26.1 Å². The Morgan fingerprint density at radius 2 is 2.14 bits per heavy atom. The molecule has 0 radical (unpaired) electrons. The molecule has 0 aliphatic carbocycles. The van der Waals surface area contributed by atoms with Crippen LogP contribution in [0.15, 0.2) is 36.5 Å². The second-order valence-electron chi connectivity index (χ2n) is 5.62. The molecule has 3 rings (SSSR count). The normalized spacial score (nSPS) is 19.8. The topological polar surface area (TPSA) is 43.2 Å². The number of aromatic nitrogens is 3. The zero-order valence-corrected chi connectivity index (χ0v) is 12.5. The van der Waals surface area contributed by atoms with Crippen LogP contribution in [0, 0.1) is 0 Å². The van der Waals surface area contributed by atoms with Gasteiger partial charge in [-0.15, -0.1) is 0 Å². The van der Waals surface area contributed by atoms with Crippen molar-refractivity contribution in [3.05, 3.63) is 47.8 Å². The lowest BCUT2D eigenvalue weighted by molar-refractivity contribution is 0.107. The van der Waals surface area contributed by atoms with Crippen LogP contribution < -0.4 is 0 Å². The molecule has 1 aromatic heterocycles. The first kappa shape index (κ1) is 14.2. The van der Waals surface area contributed by atoms with Gasteiger partial charge in [-0.05, 0) is 24.9 Å². The minimum Gasteiger partial charge on any atom is -0.361 e. The Labute approximate surface area is 125 Å². The van der Waals surface area contributed by atoms with Crippen LogP contribution in [0.1, 0.15) is 30.0 Å². The van der Waals surface area contributed by atoms with E-state index < -0.39 is 0 Å². The fraction of sp³-hybridized carbons (Fsp3) is 0.500. The maximum absolute atomic E-state index is 5.06. The minimum absolute atomic E-state index is 0.417. The van der Waals surface area contributed by atoms with Crippen molar-refractivity contribution in [3.8, 4) is 0 Å². The molecule has 0 spiro atoms. The third-order valence-electron chi connectivity index (χ3n) is 3.97. The van der Waals surface area contributed by atoms with Crippen LogP contribution in [0.4, 0.5) is 0 Å². The summed E-state index contributed by atoms with van der Waals surface area (Å²) in [4.78, 5) is 4.13. The van der Waals surface area contributed by atoms with E-state index in [0.29, 0.717) is 12.6 Å². The summed E-state index contributed by atoms with van der Waals surface area (Å²) in [6.45, 7) is 3.65. The summed E-state index contributed by atoms with van der Waals surface area (Å²) >= 11 is 0. The molecule has 2 heterocycles. The van der Waals surface area contributed by atoms with Crippen molar-refractivity contribution in [1.29, 1.82) is 0 Å². The Morgan fingerprint density at radius 3 is 2.95 bits per heavy atom. The molecule has 5 nitrogen and oxygen atoms in total. The van der Waals surface area contributed by atoms with Gasteiger partial charge in [0.2, 0.25) is 0 Å². The highest BCUT2D eigenvalue weighted by Gasteiger charge is 2.23. The molecule has 0 bridgehead atoms. The fourth-order valence-electron chi connectivity index (χ4n) is 2.96. The average Bonchev–Trinajstić information content (AvgIpc) is 2.98. The lowest BCUT2D eigenvalue weighted by atomic mass is 9.95. The van der Waals surface area contributed by atoms with Gasteiger partial charge in [0.25, 0.3) is 0 Å². The number of benzene rings is 1. The zero-order chi connectivity index (χ0) is 14.5. The fourth-order valence-corrected chi connectivity index (χ4v) is 2.96. The molecule has 2 aromatic rings. The summed E-state index contributed by atoms with van der Waals surface area (Å²) in [7, 11) is 1.66. The quantitative estimate of drug-likeness (QED) is 0.845. The van der Waals surface area contributed by atoms with E-state index in [1.165, 1.54) is 18.4 Å². The lowest BCUT2D eigenvalue weighted by Crippen LogP contribution is -2.34. The Morgan fingerprint density at radius 1 is 1.29 bits per heavy atom. The molecule has 21 heavy (non-hydrogen) atoms. The molecule has 112 valence electrons.